The lowest BCUT2D eigenvalue weighted by molar-refractivity contribution is -0.109. The number of halogens is 2. The first-order valence-electron chi connectivity index (χ1n) is 11.5. The van der Waals surface area contributed by atoms with E-state index in [-0.39, 0.29) is 5.69 Å². The second-order valence-corrected chi connectivity index (χ2v) is 9.57. The fraction of sp³-hybridized carbons (Fsp3) is 0.280. The summed E-state index contributed by atoms with van der Waals surface area (Å²) < 4.78 is 27.5. The van der Waals surface area contributed by atoms with Gasteiger partial charge in [0, 0.05) is 52.0 Å². The van der Waals surface area contributed by atoms with E-state index >= 15 is 0 Å². The van der Waals surface area contributed by atoms with Crippen LogP contribution in [0.4, 0.5) is 31.2 Å². The molecule has 0 radical (unpaired) electrons. The molecule has 1 aromatic carbocycles. The summed E-state index contributed by atoms with van der Waals surface area (Å²) in [6, 6.07) is 11.0. The highest BCUT2D eigenvalue weighted by molar-refractivity contribution is 7.21. The van der Waals surface area contributed by atoms with Crippen molar-refractivity contribution in [1.29, 1.82) is 0 Å². The minimum absolute atomic E-state index is 0.234. The van der Waals surface area contributed by atoms with Crippen LogP contribution in [0.3, 0.4) is 0 Å². The molecule has 1 aliphatic rings. The first-order chi connectivity index (χ1) is 17.5. The van der Waals surface area contributed by atoms with Crippen molar-refractivity contribution in [2.24, 2.45) is 0 Å². The molecule has 1 saturated heterocycles. The number of aromatic nitrogens is 3. The number of carbonyl (C=O) groups is 1. The van der Waals surface area contributed by atoms with Gasteiger partial charge in [0.25, 0.3) is 0 Å². The molecule has 0 bridgehead atoms. The van der Waals surface area contributed by atoms with Crippen LogP contribution >= 0.6 is 11.3 Å². The van der Waals surface area contributed by atoms with Crippen molar-refractivity contribution in [3.05, 3.63) is 65.9 Å². The van der Waals surface area contributed by atoms with Gasteiger partial charge < -0.3 is 15.0 Å². The van der Waals surface area contributed by atoms with Gasteiger partial charge in [0.15, 0.2) is 5.13 Å². The molecule has 1 fully saturated rings. The Labute approximate surface area is 211 Å². The largest absolute Gasteiger partial charge is 0.327 e. The molecule has 8 nitrogen and oxygen atoms in total. The Kier molecular flexibility index (Phi) is 7.12. The van der Waals surface area contributed by atoms with Gasteiger partial charge in [0.05, 0.1) is 12.2 Å². The Hall–Kier alpha value is -3.54. The Balaban J connectivity index is 1.23. The number of fused-ring (bicyclic) bond motifs is 1. The third kappa shape index (κ3) is 5.48. The zero-order chi connectivity index (χ0) is 25.1. The minimum atomic E-state index is -0.652. The maximum Gasteiger partial charge on any atom is 0.190 e. The van der Waals surface area contributed by atoms with Crippen molar-refractivity contribution in [2.75, 3.05) is 50.0 Å². The average molecular weight is 510 g/mol. The topological polar surface area (TPSA) is 77.5 Å². The van der Waals surface area contributed by atoms with E-state index in [1.165, 1.54) is 23.5 Å². The number of hydrogen-bond donors (Lipinski definition) is 1. The second kappa shape index (κ2) is 10.6. The number of nitrogens with one attached hydrogen (secondary N) is 1. The summed E-state index contributed by atoms with van der Waals surface area (Å²) in [5.41, 5.74) is 2.07. The zero-order valence-corrected chi connectivity index (χ0v) is 20.5. The summed E-state index contributed by atoms with van der Waals surface area (Å²) in [5, 5.41) is 3.88. The number of nitrogens with zero attached hydrogens (tertiary/aromatic N) is 6. The molecule has 5 rings (SSSR count). The molecule has 0 aliphatic carbocycles. The number of aldehydes is 1. The molecule has 36 heavy (non-hydrogen) atoms. The predicted molar refractivity (Wildman–Crippen MR) is 137 cm³/mol. The lowest BCUT2D eigenvalue weighted by atomic mass is 10.2. The van der Waals surface area contributed by atoms with Crippen molar-refractivity contribution >= 4 is 50.4 Å². The number of carbonyl (C=O) groups excluding carboxylic acids is 1. The Bertz CT molecular complexity index is 1360. The van der Waals surface area contributed by atoms with Gasteiger partial charge in [-0.1, -0.05) is 17.4 Å². The van der Waals surface area contributed by atoms with Crippen LogP contribution in [0.15, 0.2) is 48.7 Å². The van der Waals surface area contributed by atoms with Crippen LogP contribution in [0.5, 0.6) is 0 Å². The molecule has 4 heterocycles. The third-order valence-corrected chi connectivity index (χ3v) is 7.00. The molecule has 0 saturated carbocycles. The third-order valence-electron chi connectivity index (χ3n) is 6.12. The van der Waals surface area contributed by atoms with Crippen molar-refractivity contribution in [1.82, 2.24) is 24.8 Å². The van der Waals surface area contributed by atoms with Gasteiger partial charge in [-0.3, -0.25) is 9.80 Å². The lowest BCUT2D eigenvalue weighted by Gasteiger charge is -2.33. The summed E-state index contributed by atoms with van der Waals surface area (Å²) in [5.74, 6) is -0.0699. The summed E-state index contributed by atoms with van der Waals surface area (Å²) >= 11 is 1.37. The SMILES string of the molecule is CN(c1ccc2nc(Nc3ccc(CN4CCN(CC=O)CC4)cn3)sc2n1)c1ccc(F)cc1F. The van der Waals surface area contributed by atoms with E-state index in [1.54, 1.807) is 18.0 Å². The summed E-state index contributed by atoms with van der Waals surface area (Å²) in [7, 11) is 1.68. The predicted octanol–water partition coefficient (Wildman–Crippen LogP) is 4.19. The van der Waals surface area contributed by atoms with E-state index in [4.69, 9.17) is 0 Å². The van der Waals surface area contributed by atoms with Gasteiger partial charge in [0.1, 0.15) is 39.9 Å². The summed E-state index contributed by atoms with van der Waals surface area (Å²) in [4.78, 5) is 31.2. The first kappa shape index (κ1) is 24.2. The number of rotatable bonds is 8. The van der Waals surface area contributed by atoms with Crippen molar-refractivity contribution in [3.63, 3.8) is 0 Å². The lowest BCUT2D eigenvalue weighted by Crippen LogP contribution is -2.46. The van der Waals surface area contributed by atoms with E-state index in [9.17, 15) is 13.6 Å². The molecular weight excluding hydrogens is 484 g/mol. The van der Waals surface area contributed by atoms with Crippen LogP contribution in [0.2, 0.25) is 0 Å². The fourth-order valence-corrected chi connectivity index (χ4v) is 4.96. The van der Waals surface area contributed by atoms with Gasteiger partial charge in [0.2, 0.25) is 0 Å². The molecule has 0 unspecified atom stereocenters. The van der Waals surface area contributed by atoms with E-state index < -0.39 is 11.6 Å². The van der Waals surface area contributed by atoms with Crippen LogP contribution in [0, 0.1) is 11.6 Å². The quantitative estimate of drug-likeness (QED) is 0.355. The standard InChI is InChI=1S/C25H25F2N7OS/c1-32(21-5-3-18(26)14-19(21)27)23-7-4-20-24(31-23)36-25(29-20)30-22-6-2-17(15-28-22)16-34-10-8-33(9-11-34)12-13-35/h2-7,13-15H,8-12,16H2,1H3,(H,28,29,30). The molecule has 186 valence electrons. The highest BCUT2D eigenvalue weighted by Crippen LogP contribution is 2.31. The molecule has 0 atom stereocenters. The summed E-state index contributed by atoms with van der Waals surface area (Å²) in [6.07, 6.45) is 2.81. The van der Waals surface area contributed by atoms with Gasteiger partial charge in [-0.15, -0.1) is 0 Å². The normalized spacial score (nSPS) is 14.8. The molecular formula is C25H25F2N7OS. The Morgan fingerprint density at radius 1 is 1.06 bits per heavy atom. The number of anilines is 4. The molecule has 0 amide bonds. The zero-order valence-electron chi connectivity index (χ0n) is 19.7. The van der Waals surface area contributed by atoms with Crippen LogP contribution in [0.25, 0.3) is 10.3 Å². The summed E-state index contributed by atoms with van der Waals surface area (Å²) in [6.45, 7) is 4.97. The number of piperazine rings is 1. The molecule has 3 aromatic heterocycles. The average Bonchev–Trinajstić information content (AvgIpc) is 3.28. The van der Waals surface area contributed by atoms with Crippen LogP contribution in [-0.2, 0) is 11.3 Å². The van der Waals surface area contributed by atoms with E-state index in [0.717, 1.165) is 50.6 Å². The van der Waals surface area contributed by atoms with Crippen LogP contribution in [0.1, 0.15) is 5.56 Å². The second-order valence-electron chi connectivity index (χ2n) is 8.59. The maximum absolute atomic E-state index is 14.2. The molecule has 4 aromatic rings. The molecule has 1 N–H and O–H groups in total. The number of benzene rings is 1. The monoisotopic (exact) mass is 509 g/mol. The molecule has 11 heteroatoms. The van der Waals surface area contributed by atoms with Crippen LogP contribution in [-0.4, -0.2) is 70.8 Å². The fourth-order valence-electron chi connectivity index (χ4n) is 4.12. The van der Waals surface area contributed by atoms with E-state index in [1.807, 2.05) is 24.4 Å². The van der Waals surface area contributed by atoms with Crippen molar-refractivity contribution in [2.45, 2.75) is 6.54 Å². The number of hydrogen-bond acceptors (Lipinski definition) is 9. The highest BCUT2D eigenvalue weighted by atomic mass is 32.1. The van der Waals surface area contributed by atoms with E-state index in [2.05, 4.69) is 30.1 Å². The van der Waals surface area contributed by atoms with Gasteiger partial charge in [-0.2, -0.15) is 0 Å². The van der Waals surface area contributed by atoms with Gasteiger partial charge in [-0.25, -0.2) is 23.7 Å². The van der Waals surface area contributed by atoms with Gasteiger partial charge >= 0.3 is 0 Å². The number of thiazole rings is 1. The highest BCUT2D eigenvalue weighted by Gasteiger charge is 2.17. The van der Waals surface area contributed by atoms with Gasteiger partial charge in [-0.05, 0) is 35.9 Å². The van der Waals surface area contributed by atoms with Crippen LogP contribution < -0.4 is 10.2 Å². The van der Waals surface area contributed by atoms with E-state index in [0.29, 0.717) is 33.7 Å². The molecule has 1 aliphatic heterocycles. The van der Waals surface area contributed by atoms with Crippen molar-refractivity contribution in [3.8, 4) is 0 Å². The smallest absolute Gasteiger partial charge is 0.190 e. The first-order valence-corrected chi connectivity index (χ1v) is 12.4. The molecule has 0 spiro atoms. The Morgan fingerprint density at radius 3 is 2.58 bits per heavy atom. The number of pyridine rings is 2. The van der Waals surface area contributed by atoms with Crippen molar-refractivity contribution < 1.29 is 13.6 Å². The maximum atomic E-state index is 14.2. The minimum Gasteiger partial charge on any atom is -0.327 e. The Morgan fingerprint density at radius 2 is 1.86 bits per heavy atom.